The van der Waals surface area contributed by atoms with Crippen molar-refractivity contribution in [3.63, 3.8) is 0 Å². The first-order valence-corrected chi connectivity index (χ1v) is 4.89. The van der Waals surface area contributed by atoms with Crippen molar-refractivity contribution in [1.29, 1.82) is 0 Å². The molecule has 0 aliphatic carbocycles. The van der Waals surface area contributed by atoms with Crippen LogP contribution in [0.25, 0.3) is 0 Å². The molecule has 14 heavy (non-hydrogen) atoms. The third kappa shape index (κ3) is 1.93. The summed E-state index contributed by atoms with van der Waals surface area (Å²) in [5, 5.41) is 7.01. The van der Waals surface area contributed by atoms with Crippen LogP contribution in [0.1, 0.15) is 37.5 Å². The summed E-state index contributed by atoms with van der Waals surface area (Å²) in [6, 6.07) is 0. The number of hydrogen-bond acceptors (Lipinski definition) is 4. The Labute approximate surface area is 82.8 Å². The van der Waals surface area contributed by atoms with Gasteiger partial charge >= 0.3 is 0 Å². The number of H-pyrrole nitrogens is 1. The summed E-state index contributed by atoms with van der Waals surface area (Å²) in [6.07, 6.45) is -0.0799. The molecule has 1 aliphatic heterocycles. The highest BCUT2D eigenvalue weighted by molar-refractivity contribution is 4.98. The Morgan fingerprint density at radius 3 is 2.86 bits per heavy atom. The lowest BCUT2D eigenvalue weighted by Crippen LogP contribution is -2.22. The predicted octanol–water partition coefficient (Wildman–Crippen LogP) is 1.02. The Kier molecular flexibility index (Phi) is 2.79. The molecular formula is C9H15N3O2. The maximum Gasteiger partial charge on any atom is 0.156 e. The van der Waals surface area contributed by atoms with E-state index < -0.39 is 0 Å². The molecule has 2 rings (SSSR count). The standard InChI is InChI=1S/C9H15N3O2/c1-6(2)8-10-9(12-11-8)7-5-13-3-4-14-7/h6-7H,3-5H2,1-2H3,(H,10,11,12). The molecule has 2 heterocycles. The number of ether oxygens (including phenoxy) is 2. The van der Waals surface area contributed by atoms with Crippen LogP contribution in [0, 0.1) is 0 Å². The number of nitrogens with one attached hydrogen (secondary N) is 1. The zero-order chi connectivity index (χ0) is 9.97. The monoisotopic (exact) mass is 197 g/mol. The minimum absolute atomic E-state index is 0.0799. The molecule has 0 saturated carbocycles. The Balaban J connectivity index is 2.07. The van der Waals surface area contributed by atoms with Gasteiger partial charge in [-0.2, -0.15) is 5.10 Å². The first-order valence-electron chi connectivity index (χ1n) is 4.89. The van der Waals surface area contributed by atoms with Gasteiger partial charge < -0.3 is 9.47 Å². The Bertz CT molecular complexity index is 292. The van der Waals surface area contributed by atoms with E-state index in [0.29, 0.717) is 25.7 Å². The van der Waals surface area contributed by atoms with Crippen LogP contribution in [0.15, 0.2) is 0 Å². The fraction of sp³-hybridized carbons (Fsp3) is 0.778. The molecule has 1 fully saturated rings. The van der Waals surface area contributed by atoms with Gasteiger partial charge in [-0.25, -0.2) is 4.98 Å². The highest BCUT2D eigenvalue weighted by Gasteiger charge is 2.20. The van der Waals surface area contributed by atoms with Gasteiger partial charge in [-0.15, -0.1) is 0 Å². The van der Waals surface area contributed by atoms with Crippen molar-refractivity contribution in [3.05, 3.63) is 11.6 Å². The fourth-order valence-electron chi connectivity index (χ4n) is 1.34. The van der Waals surface area contributed by atoms with Gasteiger partial charge in [-0.05, 0) is 0 Å². The maximum absolute atomic E-state index is 5.50. The van der Waals surface area contributed by atoms with E-state index in [1.54, 1.807) is 0 Å². The quantitative estimate of drug-likeness (QED) is 0.768. The van der Waals surface area contributed by atoms with Crippen LogP contribution >= 0.6 is 0 Å². The lowest BCUT2D eigenvalue weighted by Gasteiger charge is -2.20. The lowest BCUT2D eigenvalue weighted by atomic mass is 10.2. The molecule has 1 saturated heterocycles. The Hall–Kier alpha value is -0.940. The molecular weight excluding hydrogens is 182 g/mol. The molecule has 1 atom stereocenters. The average molecular weight is 197 g/mol. The molecule has 78 valence electrons. The van der Waals surface area contributed by atoms with Crippen molar-refractivity contribution in [2.24, 2.45) is 0 Å². The first-order chi connectivity index (χ1) is 6.77. The zero-order valence-electron chi connectivity index (χ0n) is 8.49. The van der Waals surface area contributed by atoms with Crippen molar-refractivity contribution in [3.8, 4) is 0 Å². The first kappa shape index (κ1) is 9.61. The molecule has 0 bridgehead atoms. The van der Waals surface area contributed by atoms with Gasteiger partial charge in [0.1, 0.15) is 6.10 Å². The number of nitrogens with zero attached hydrogens (tertiary/aromatic N) is 2. The van der Waals surface area contributed by atoms with Crippen LogP contribution in [0.3, 0.4) is 0 Å². The largest absolute Gasteiger partial charge is 0.376 e. The van der Waals surface area contributed by atoms with Crippen molar-refractivity contribution in [2.45, 2.75) is 25.9 Å². The molecule has 0 spiro atoms. The molecule has 0 amide bonds. The molecule has 5 nitrogen and oxygen atoms in total. The van der Waals surface area contributed by atoms with Gasteiger partial charge in [-0.1, -0.05) is 13.8 Å². The molecule has 1 aliphatic rings. The SMILES string of the molecule is CC(C)c1n[nH]c(C2COCCO2)n1. The van der Waals surface area contributed by atoms with Gasteiger partial charge in [0.15, 0.2) is 11.6 Å². The second kappa shape index (κ2) is 4.06. The third-order valence-corrected chi connectivity index (χ3v) is 2.16. The number of aromatic nitrogens is 3. The van der Waals surface area contributed by atoms with E-state index in [-0.39, 0.29) is 6.10 Å². The summed E-state index contributed by atoms with van der Waals surface area (Å²) in [5.74, 6) is 1.94. The van der Waals surface area contributed by atoms with E-state index in [9.17, 15) is 0 Å². The van der Waals surface area contributed by atoms with Gasteiger partial charge in [0.2, 0.25) is 0 Å². The molecule has 0 aromatic carbocycles. The van der Waals surface area contributed by atoms with E-state index >= 15 is 0 Å². The molecule has 1 unspecified atom stereocenters. The Morgan fingerprint density at radius 1 is 1.43 bits per heavy atom. The summed E-state index contributed by atoms with van der Waals surface area (Å²) in [5.41, 5.74) is 0. The van der Waals surface area contributed by atoms with E-state index in [2.05, 4.69) is 29.0 Å². The van der Waals surface area contributed by atoms with Crippen LogP contribution in [0.2, 0.25) is 0 Å². The molecule has 5 heteroatoms. The van der Waals surface area contributed by atoms with Crippen LogP contribution < -0.4 is 0 Å². The minimum Gasteiger partial charge on any atom is -0.376 e. The fourth-order valence-corrected chi connectivity index (χ4v) is 1.34. The highest BCUT2D eigenvalue weighted by atomic mass is 16.6. The second-order valence-corrected chi connectivity index (χ2v) is 3.67. The van der Waals surface area contributed by atoms with Crippen molar-refractivity contribution < 1.29 is 9.47 Å². The normalized spacial score (nSPS) is 22.9. The predicted molar refractivity (Wildman–Crippen MR) is 50.0 cm³/mol. The van der Waals surface area contributed by atoms with Gasteiger partial charge in [0.25, 0.3) is 0 Å². The van der Waals surface area contributed by atoms with Crippen LogP contribution in [0.4, 0.5) is 0 Å². The second-order valence-electron chi connectivity index (χ2n) is 3.67. The maximum atomic E-state index is 5.50. The summed E-state index contributed by atoms with van der Waals surface area (Å²) >= 11 is 0. The summed E-state index contributed by atoms with van der Waals surface area (Å²) in [4.78, 5) is 4.36. The van der Waals surface area contributed by atoms with Crippen LogP contribution in [0.5, 0.6) is 0 Å². The van der Waals surface area contributed by atoms with Crippen molar-refractivity contribution in [1.82, 2.24) is 15.2 Å². The summed E-state index contributed by atoms with van der Waals surface area (Å²) in [6.45, 7) is 5.98. The minimum atomic E-state index is -0.0799. The van der Waals surface area contributed by atoms with Gasteiger partial charge in [0.05, 0.1) is 19.8 Å². The third-order valence-electron chi connectivity index (χ3n) is 2.16. The topological polar surface area (TPSA) is 60.0 Å². The van der Waals surface area contributed by atoms with Gasteiger partial charge in [0, 0.05) is 5.92 Å². The zero-order valence-corrected chi connectivity index (χ0v) is 8.49. The number of rotatable bonds is 2. The Morgan fingerprint density at radius 2 is 2.29 bits per heavy atom. The van der Waals surface area contributed by atoms with Crippen LogP contribution in [-0.2, 0) is 9.47 Å². The summed E-state index contributed by atoms with van der Waals surface area (Å²) < 4.78 is 10.8. The number of hydrogen-bond donors (Lipinski definition) is 1. The summed E-state index contributed by atoms with van der Waals surface area (Å²) in [7, 11) is 0. The van der Waals surface area contributed by atoms with E-state index in [1.165, 1.54) is 0 Å². The van der Waals surface area contributed by atoms with E-state index in [4.69, 9.17) is 9.47 Å². The van der Waals surface area contributed by atoms with Crippen LogP contribution in [-0.4, -0.2) is 35.0 Å². The van der Waals surface area contributed by atoms with Crippen molar-refractivity contribution in [2.75, 3.05) is 19.8 Å². The van der Waals surface area contributed by atoms with E-state index in [0.717, 1.165) is 11.6 Å². The van der Waals surface area contributed by atoms with E-state index in [1.807, 2.05) is 0 Å². The van der Waals surface area contributed by atoms with Gasteiger partial charge in [-0.3, -0.25) is 5.10 Å². The molecule has 0 radical (unpaired) electrons. The average Bonchev–Trinajstić information content (AvgIpc) is 2.68. The molecule has 1 N–H and O–H groups in total. The highest BCUT2D eigenvalue weighted by Crippen LogP contribution is 2.18. The smallest absolute Gasteiger partial charge is 0.156 e. The van der Waals surface area contributed by atoms with Crippen molar-refractivity contribution >= 4 is 0 Å². The number of aromatic amines is 1. The molecule has 1 aromatic rings. The lowest BCUT2D eigenvalue weighted by molar-refractivity contribution is -0.0934. The molecule has 1 aromatic heterocycles.